The first-order valence-corrected chi connectivity index (χ1v) is 4.06. The maximum atomic E-state index is 5.68. The van der Waals surface area contributed by atoms with Crippen molar-refractivity contribution in [3.8, 4) is 0 Å². The van der Waals surface area contributed by atoms with Crippen molar-refractivity contribution in [2.45, 2.75) is 13.0 Å². The van der Waals surface area contributed by atoms with Crippen LogP contribution in [0.1, 0.15) is 6.92 Å². The van der Waals surface area contributed by atoms with Gasteiger partial charge in [0.1, 0.15) is 5.82 Å². The van der Waals surface area contributed by atoms with Gasteiger partial charge in [-0.3, -0.25) is 4.68 Å². The number of anilines is 1. The molecule has 1 aromatic rings. The van der Waals surface area contributed by atoms with Crippen molar-refractivity contribution < 1.29 is 0 Å². The largest absolute Gasteiger partial charge is 0.358 e. The number of likely N-dealkylation sites (N-methyl/N-ethyl adjacent to an activating group) is 1. The Labute approximate surface area is 73.0 Å². The van der Waals surface area contributed by atoms with Crippen molar-refractivity contribution in [1.29, 1.82) is 0 Å². The van der Waals surface area contributed by atoms with Crippen LogP contribution in [-0.4, -0.2) is 29.4 Å². The Kier molecular flexibility index (Phi) is 2.70. The molecule has 0 aliphatic heterocycles. The molecule has 1 rings (SSSR count). The summed E-state index contributed by atoms with van der Waals surface area (Å²) in [6, 6.07) is 2.16. The Morgan fingerprint density at radius 1 is 1.75 bits per heavy atom. The minimum atomic E-state index is 0.185. The maximum absolute atomic E-state index is 5.68. The van der Waals surface area contributed by atoms with E-state index in [0.717, 1.165) is 12.4 Å². The van der Waals surface area contributed by atoms with E-state index in [1.807, 2.05) is 31.8 Å². The predicted octanol–water partition coefficient (Wildman–Crippen LogP) is 0.203. The van der Waals surface area contributed by atoms with Crippen LogP contribution in [0.5, 0.6) is 0 Å². The van der Waals surface area contributed by atoms with Crippen molar-refractivity contribution in [3.05, 3.63) is 12.3 Å². The third kappa shape index (κ3) is 1.98. The van der Waals surface area contributed by atoms with Crippen molar-refractivity contribution in [3.63, 3.8) is 0 Å². The minimum absolute atomic E-state index is 0.185. The zero-order valence-corrected chi connectivity index (χ0v) is 7.86. The SMILES string of the molecule is CC(N)CN(C)c1ccnn1C. The highest BCUT2D eigenvalue weighted by Gasteiger charge is 2.05. The summed E-state index contributed by atoms with van der Waals surface area (Å²) in [7, 11) is 3.94. The fraction of sp³-hybridized carbons (Fsp3) is 0.625. The van der Waals surface area contributed by atoms with E-state index in [1.54, 1.807) is 6.20 Å². The van der Waals surface area contributed by atoms with Gasteiger partial charge in [0.2, 0.25) is 0 Å². The fourth-order valence-corrected chi connectivity index (χ4v) is 1.27. The average molecular weight is 168 g/mol. The molecule has 4 nitrogen and oxygen atoms in total. The summed E-state index contributed by atoms with van der Waals surface area (Å²) in [4.78, 5) is 2.09. The van der Waals surface area contributed by atoms with E-state index < -0.39 is 0 Å². The highest BCUT2D eigenvalue weighted by molar-refractivity contribution is 5.36. The van der Waals surface area contributed by atoms with Gasteiger partial charge in [-0.05, 0) is 6.92 Å². The summed E-state index contributed by atoms with van der Waals surface area (Å²) in [6.07, 6.45) is 1.78. The second-order valence-electron chi connectivity index (χ2n) is 3.17. The van der Waals surface area contributed by atoms with Gasteiger partial charge in [0.25, 0.3) is 0 Å². The number of rotatable bonds is 3. The van der Waals surface area contributed by atoms with Crippen molar-refractivity contribution >= 4 is 5.82 Å². The first kappa shape index (κ1) is 9.06. The minimum Gasteiger partial charge on any atom is -0.358 e. The molecule has 1 unspecified atom stereocenters. The summed E-state index contributed by atoms with van der Waals surface area (Å²) in [5, 5.41) is 4.08. The van der Waals surface area contributed by atoms with Crippen molar-refractivity contribution in [2.75, 3.05) is 18.5 Å². The average Bonchev–Trinajstić information content (AvgIpc) is 2.33. The fourth-order valence-electron chi connectivity index (χ4n) is 1.27. The van der Waals surface area contributed by atoms with Crippen LogP contribution < -0.4 is 10.6 Å². The quantitative estimate of drug-likeness (QED) is 0.701. The lowest BCUT2D eigenvalue weighted by Crippen LogP contribution is -2.33. The lowest BCUT2D eigenvalue weighted by atomic mass is 10.3. The first-order chi connectivity index (χ1) is 5.61. The molecule has 68 valence electrons. The van der Waals surface area contributed by atoms with E-state index in [1.165, 1.54) is 0 Å². The third-order valence-electron chi connectivity index (χ3n) is 1.75. The van der Waals surface area contributed by atoms with E-state index >= 15 is 0 Å². The number of hydrogen-bond donors (Lipinski definition) is 1. The summed E-state index contributed by atoms with van der Waals surface area (Å²) in [5.41, 5.74) is 5.68. The van der Waals surface area contributed by atoms with Gasteiger partial charge in [0.05, 0.1) is 6.20 Å². The number of nitrogens with two attached hydrogens (primary N) is 1. The second-order valence-corrected chi connectivity index (χ2v) is 3.17. The summed E-state index contributed by atoms with van der Waals surface area (Å²) in [6.45, 7) is 2.84. The molecule has 4 heteroatoms. The van der Waals surface area contributed by atoms with Crippen LogP contribution in [-0.2, 0) is 7.05 Å². The van der Waals surface area contributed by atoms with Crippen LogP contribution >= 0.6 is 0 Å². The topological polar surface area (TPSA) is 47.1 Å². The third-order valence-corrected chi connectivity index (χ3v) is 1.75. The van der Waals surface area contributed by atoms with E-state index in [4.69, 9.17) is 5.73 Å². The van der Waals surface area contributed by atoms with Gasteiger partial charge < -0.3 is 10.6 Å². The first-order valence-electron chi connectivity index (χ1n) is 4.06. The molecular formula is C8H16N4. The molecule has 1 aromatic heterocycles. The Balaban J connectivity index is 2.65. The normalized spacial score (nSPS) is 13.0. The molecule has 0 radical (unpaired) electrons. The predicted molar refractivity (Wildman–Crippen MR) is 50.1 cm³/mol. The van der Waals surface area contributed by atoms with Crippen molar-refractivity contribution in [2.24, 2.45) is 12.8 Å². The van der Waals surface area contributed by atoms with Gasteiger partial charge in [0, 0.05) is 32.7 Å². The highest BCUT2D eigenvalue weighted by Crippen LogP contribution is 2.08. The number of aryl methyl sites for hydroxylation is 1. The molecule has 0 saturated heterocycles. The Hall–Kier alpha value is -1.03. The molecule has 1 atom stereocenters. The molecule has 1 heterocycles. The molecule has 12 heavy (non-hydrogen) atoms. The van der Waals surface area contributed by atoms with E-state index in [9.17, 15) is 0 Å². The van der Waals surface area contributed by atoms with E-state index in [-0.39, 0.29) is 6.04 Å². The van der Waals surface area contributed by atoms with E-state index in [0.29, 0.717) is 0 Å². The van der Waals surface area contributed by atoms with Gasteiger partial charge in [-0.25, -0.2) is 0 Å². The molecule has 0 fully saturated rings. The Bertz CT molecular complexity index is 241. The second kappa shape index (κ2) is 3.58. The van der Waals surface area contributed by atoms with Crippen LogP contribution in [0, 0.1) is 0 Å². The monoisotopic (exact) mass is 168 g/mol. The lowest BCUT2D eigenvalue weighted by molar-refractivity contribution is 0.679. The molecule has 0 amide bonds. The molecule has 0 aromatic carbocycles. The van der Waals surface area contributed by atoms with Gasteiger partial charge in [0.15, 0.2) is 0 Å². The van der Waals surface area contributed by atoms with Gasteiger partial charge >= 0.3 is 0 Å². The van der Waals surface area contributed by atoms with Gasteiger partial charge in [-0.15, -0.1) is 0 Å². The summed E-state index contributed by atoms with van der Waals surface area (Å²) in [5.74, 6) is 1.09. The van der Waals surface area contributed by atoms with Crippen LogP contribution in [0.4, 0.5) is 5.82 Å². The number of aromatic nitrogens is 2. The van der Waals surface area contributed by atoms with Crippen molar-refractivity contribution in [1.82, 2.24) is 9.78 Å². The van der Waals surface area contributed by atoms with Crippen LogP contribution in [0.15, 0.2) is 12.3 Å². The molecule has 0 spiro atoms. The molecular weight excluding hydrogens is 152 g/mol. The van der Waals surface area contributed by atoms with Crippen LogP contribution in [0.2, 0.25) is 0 Å². The van der Waals surface area contributed by atoms with Crippen LogP contribution in [0.25, 0.3) is 0 Å². The zero-order chi connectivity index (χ0) is 9.14. The van der Waals surface area contributed by atoms with Gasteiger partial charge in [-0.2, -0.15) is 5.10 Å². The van der Waals surface area contributed by atoms with Gasteiger partial charge in [-0.1, -0.05) is 0 Å². The summed E-state index contributed by atoms with van der Waals surface area (Å²) < 4.78 is 1.84. The molecule has 0 saturated carbocycles. The number of nitrogens with zero attached hydrogens (tertiary/aromatic N) is 3. The molecule has 2 N–H and O–H groups in total. The maximum Gasteiger partial charge on any atom is 0.126 e. The number of hydrogen-bond acceptors (Lipinski definition) is 3. The summed E-state index contributed by atoms with van der Waals surface area (Å²) >= 11 is 0. The molecule has 0 bridgehead atoms. The Morgan fingerprint density at radius 2 is 2.42 bits per heavy atom. The van der Waals surface area contributed by atoms with E-state index in [2.05, 4.69) is 10.00 Å². The molecule has 0 aliphatic rings. The smallest absolute Gasteiger partial charge is 0.126 e. The lowest BCUT2D eigenvalue weighted by Gasteiger charge is -2.20. The Morgan fingerprint density at radius 3 is 2.83 bits per heavy atom. The highest BCUT2D eigenvalue weighted by atomic mass is 15.3. The zero-order valence-electron chi connectivity index (χ0n) is 7.86. The van der Waals surface area contributed by atoms with Crippen LogP contribution in [0.3, 0.4) is 0 Å². The standard InChI is InChI=1S/C8H16N4/c1-7(9)6-11(2)8-4-5-10-12(8)3/h4-5,7H,6,9H2,1-3H3. The molecule has 0 aliphatic carbocycles.